The SMILES string of the molecule is CC(=O)C1[C@H](O)C(F)c2c(O)c3c(c(O)c2[C@H]1O)C(=O)c1ccccc1C3=O. The van der Waals surface area contributed by atoms with Crippen LogP contribution in [-0.2, 0) is 4.79 Å². The van der Waals surface area contributed by atoms with Crippen molar-refractivity contribution in [3.8, 4) is 11.5 Å². The van der Waals surface area contributed by atoms with Crippen LogP contribution in [0.15, 0.2) is 24.3 Å². The van der Waals surface area contributed by atoms with Crippen LogP contribution in [0.5, 0.6) is 11.5 Å². The first-order valence-electron chi connectivity index (χ1n) is 8.49. The molecule has 0 saturated heterocycles. The molecule has 4 N–H and O–H groups in total. The summed E-state index contributed by atoms with van der Waals surface area (Å²) in [6, 6.07) is 5.74. The number of hydrogen-bond acceptors (Lipinski definition) is 7. The molecule has 0 aliphatic heterocycles. The van der Waals surface area contributed by atoms with E-state index in [0.717, 1.165) is 6.92 Å². The van der Waals surface area contributed by atoms with Crippen molar-refractivity contribution in [2.24, 2.45) is 5.92 Å². The van der Waals surface area contributed by atoms with Crippen molar-refractivity contribution in [3.05, 3.63) is 57.6 Å². The van der Waals surface area contributed by atoms with Gasteiger partial charge in [0.25, 0.3) is 0 Å². The second-order valence-corrected chi connectivity index (χ2v) is 6.95. The highest BCUT2D eigenvalue weighted by Crippen LogP contribution is 2.53. The minimum Gasteiger partial charge on any atom is -0.507 e. The van der Waals surface area contributed by atoms with Gasteiger partial charge >= 0.3 is 0 Å². The first-order valence-corrected chi connectivity index (χ1v) is 8.49. The molecule has 0 spiro atoms. The molecule has 0 radical (unpaired) electrons. The molecule has 2 aliphatic rings. The van der Waals surface area contributed by atoms with E-state index in [0.29, 0.717) is 0 Å². The van der Waals surface area contributed by atoms with E-state index in [-0.39, 0.29) is 11.1 Å². The van der Waals surface area contributed by atoms with Gasteiger partial charge in [-0.3, -0.25) is 14.4 Å². The molecule has 0 fully saturated rings. The van der Waals surface area contributed by atoms with E-state index in [2.05, 4.69) is 0 Å². The van der Waals surface area contributed by atoms with Crippen molar-refractivity contribution in [3.63, 3.8) is 0 Å². The average Bonchev–Trinajstić information content (AvgIpc) is 2.65. The van der Waals surface area contributed by atoms with E-state index in [1.54, 1.807) is 0 Å². The molecule has 7 nitrogen and oxygen atoms in total. The fourth-order valence-electron chi connectivity index (χ4n) is 4.11. The Morgan fingerprint density at radius 1 is 0.929 bits per heavy atom. The number of phenols is 2. The Morgan fingerprint density at radius 2 is 1.39 bits per heavy atom. The van der Waals surface area contributed by atoms with E-state index in [1.165, 1.54) is 24.3 Å². The summed E-state index contributed by atoms with van der Waals surface area (Å²) in [5, 5.41) is 41.9. The highest BCUT2D eigenvalue weighted by atomic mass is 19.1. The minimum atomic E-state index is -2.36. The van der Waals surface area contributed by atoms with E-state index >= 15 is 0 Å². The third-order valence-corrected chi connectivity index (χ3v) is 5.44. The monoisotopic (exact) mass is 386 g/mol. The van der Waals surface area contributed by atoms with Crippen molar-refractivity contribution < 1.29 is 39.2 Å². The topological polar surface area (TPSA) is 132 Å². The summed E-state index contributed by atoms with van der Waals surface area (Å²) in [7, 11) is 0. The molecule has 2 aromatic carbocycles. The third-order valence-electron chi connectivity index (χ3n) is 5.44. The first kappa shape index (κ1) is 18.3. The van der Waals surface area contributed by atoms with E-state index < -0.39 is 75.4 Å². The average molecular weight is 386 g/mol. The van der Waals surface area contributed by atoms with Crippen LogP contribution in [0.25, 0.3) is 0 Å². The number of alkyl halides is 1. The van der Waals surface area contributed by atoms with Crippen LogP contribution in [0, 0.1) is 5.92 Å². The molecular weight excluding hydrogens is 371 g/mol. The predicted molar refractivity (Wildman–Crippen MR) is 92.1 cm³/mol. The van der Waals surface area contributed by atoms with Gasteiger partial charge in [0, 0.05) is 22.3 Å². The number of carbonyl (C=O) groups excluding carboxylic acids is 3. The van der Waals surface area contributed by atoms with E-state index in [9.17, 15) is 39.2 Å². The summed E-state index contributed by atoms with van der Waals surface area (Å²) < 4.78 is 14.9. The van der Waals surface area contributed by atoms with Crippen molar-refractivity contribution in [2.45, 2.75) is 25.3 Å². The van der Waals surface area contributed by atoms with E-state index in [1.807, 2.05) is 0 Å². The summed E-state index contributed by atoms with van der Waals surface area (Å²) in [5.41, 5.74) is -2.47. The van der Waals surface area contributed by atoms with Crippen LogP contribution in [0.4, 0.5) is 4.39 Å². The lowest BCUT2D eigenvalue weighted by molar-refractivity contribution is -0.135. The van der Waals surface area contributed by atoms with E-state index in [4.69, 9.17) is 0 Å². The molecule has 0 aromatic heterocycles. The maximum atomic E-state index is 14.9. The molecule has 0 saturated carbocycles. The number of ketones is 3. The standard InChI is InChI=1S/C20H15FO7/c1-6(22)9-17(25)11-10(14(21)20(9)28)18(26)12-13(19(11)27)16(24)8-5-3-2-4-7(8)15(12)23/h2-5,9,14,17,20,25-28H,1H3/t9?,14?,17-,20-/m0/s1. The van der Waals surface area contributed by atoms with Crippen molar-refractivity contribution in [1.82, 2.24) is 0 Å². The van der Waals surface area contributed by atoms with Gasteiger partial charge in [0.1, 0.15) is 23.4 Å². The summed E-state index contributed by atoms with van der Waals surface area (Å²) in [4.78, 5) is 37.5. The summed E-state index contributed by atoms with van der Waals surface area (Å²) in [5.74, 6) is -5.75. The van der Waals surface area contributed by atoms with Gasteiger partial charge in [0.05, 0.1) is 23.1 Å². The summed E-state index contributed by atoms with van der Waals surface area (Å²) in [6.45, 7) is 1.04. The second kappa shape index (κ2) is 5.95. The Labute approximate surface area is 157 Å². The summed E-state index contributed by atoms with van der Waals surface area (Å²) >= 11 is 0. The van der Waals surface area contributed by atoms with Gasteiger partial charge in [-0.2, -0.15) is 0 Å². The van der Waals surface area contributed by atoms with Gasteiger partial charge < -0.3 is 20.4 Å². The minimum absolute atomic E-state index is 0.0140. The molecule has 2 aliphatic carbocycles. The number of Topliss-reactive ketones (excluding diaryl/α,β-unsaturated/α-hetero) is 1. The number of fused-ring (bicyclic) bond motifs is 3. The van der Waals surface area contributed by atoms with Crippen LogP contribution >= 0.6 is 0 Å². The van der Waals surface area contributed by atoms with Crippen LogP contribution in [0.1, 0.15) is 62.2 Å². The Morgan fingerprint density at radius 3 is 1.86 bits per heavy atom. The molecule has 8 heteroatoms. The van der Waals surface area contributed by atoms with Crippen molar-refractivity contribution >= 4 is 17.3 Å². The normalized spacial score (nSPS) is 25.7. The smallest absolute Gasteiger partial charge is 0.198 e. The molecule has 0 heterocycles. The van der Waals surface area contributed by atoms with Crippen LogP contribution in [-0.4, -0.2) is 43.9 Å². The first-order chi connectivity index (χ1) is 13.2. The molecule has 2 aromatic rings. The van der Waals surface area contributed by atoms with Gasteiger partial charge in [-0.05, 0) is 6.92 Å². The zero-order valence-corrected chi connectivity index (χ0v) is 14.5. The highest BCUT2D eigenvalue weighted by molar-refractivity contribution is 6.30. The number of carbonyl (C=O) groups is 3. The van der Waals surface area contributed by atoms with Gasteiger partial charge in [-0.15, -0.1) is 0 Å². The fourth-order valence-corrected chi connectivity index (χ4v) is 4.11. The highest BCUT2D eigenvalue weighted by Gasteiger charge is 2.50. The van der Waals surface area contributed by atoms with Gasteiger partial charge in [-0.1, -0.05) is 24.3 Å². The molecule has 0 amide bonds. The molecule has 0 bridgehead atoms. The molecular formula is C20H15FO7. The van der Waals surface area contributed by atoms with Gasteiger partial charge in [-0.25, -0.2) is 4.39 Å². The second-order valence-electron chi connectivity index (χ2n) is 6.95. The molecule has 28 heavy (non-hydrogen) atoms. The molecule has 4 atom stereocenters. The molecule has 144 valence electrons. The maximum Gasteiger partial charge on any atom is 0.198 e. The maximum absolute atomic E-state index is 14.9. The number of halogens is 1. The number of phenolic OH excluding ortho intramolecular Hbond substituents is 2. The van der Waals surface area contributed by atoms with Gasteiger partial charge in [0.15, 0.2) is 17.7 Å². The van der Waals surface area contributed by atoms with Crippen molar-refractivity contribution in [2.75, 3.05) is 0 Å². The largest absolute Gasteiger partial charge is 0.507 e. The Kier molecular flexibility index (Phi) is 3.88. The van der Waals surface area contributed by atoms with Crippen molar-refractivity contribution in [1.29, 1.82) is 0 Å². The van der Waals surface area contributed by atoms with Crippen LogP contribution < -0.4 is 0 Å². The van der Waals surface area contributed by atoms with Gasteiger partial charge in [0.2, 0.25) is 0 Å². The number of aliphatic hydroxyl groups excluding tert-OH is 2. The number of benzene rings is 2. The lowest BCUT2D eigenvalue weighted by Gasteiger charge is -2.37. The Balaban J connectivity index is 2.08. The lowest BCUT2D eigenvalue weighted by Crippen LogP contribution is -2.40. The van der Waals surface area contributed by atoms with Crippen LogP contribution in [0.2, 0.25) is 0 Å². The zero-order chi connectivity index (χ0) is 20.5. The zero-order valence-electron chi connectivity index (χ0n) is 14.5. The third kappa shape index (κ3) is 2.12. The van der Waals surface area contributed by atoms with Crippen LogP contribution in [0.3, 0.4) is 0 Å². The Bertz CT molecular complexity index is 1070. The lowest BCUT2D eigenvalue weighted by atomic mass is 9.72. The molecule has 2 unspecified atom stereocenters. The number of aromatic hydroxyl groups is 2. The quantitative estimate of drug-likeness (QED) is 0.466. The summed E-state index contributed by atoms with van der Waals surface area (Å²) in [6.07, 6.45) is -6.22. The number of aliphatic hydroxyl groups is 2. The fraction of sp³-hybridized carbons (Fsp3) is 0.250. The number of hydrogen-bond donors (Lipinski definition) is 4. The Hall–Kier alpha value is -3.10. The number of rotatable bonds is 1. The predicted octanol–water partition coefficient (Wildman–Crippen LogP) is 1.50. The molecule has 4 rings (SSSR count).